The molecule has 0 fully saturated rings. The van der Waals surface area contributed by atoms with Gasteiger partial charge in [0.15, 0.2) is 0 Å². The van der Waals surface area contributed by atoms with E-state index in [1.54, 1.807) is 11.0 Å². The van der Waals surface area contributed by atoms with Gasteiger partial charge in [0, 0.05) is 18.1 Å². The Kier molecular flexibility index (Phi) is 4.65. The molecule has 20 heavy (non-hydrogen) atoms. The number of carbonyl (C=O) groups is 1. The number of nitrogens with one attached hydrogen (secondary N) is 1. The molecule has 1 aliphatic rings. The lowest BCUT2D eigenvalue weighted by molar-refractivity contribution is 0.185. The minimum absolute atomic E-state index is 0.124. The molecule has 0 aromatic heterocycles. The van der Waals surface area contributed by atoms with Gasteiger partial charge in [0.1, 0.15) is 5.82 Å². The van der Waals surface area contributed by atoms with Crippen molar-refractivity contribution >= 4 is 17.6 Å². The highest BCUT2D eigenvalue weighted by molar-refractivity contribution is 6.31. The summed E-state index contributed by atoms with van der Waals surface area (Å²) in [5.74, 6) is -0.0115. The minimum atomic E-state index is -0.381. The van der Waals surface area contributed by atoms with Gasteiger partial charge in [-0.15, -0.1) is 0 Å². The van der Waals surface area contributed by atoms with Crippen LogP contribution in [0.4, 0.5) is 9.18 Å². The monoisotopic (exact) mass is 296 g/mol. The lowest BCUT2D eigenvalue weighted by Crippen LogP contribution is -2.44. The SMILES string of the molecule is CC(C)C1C=CCN1C(=O)NCc1ccc(F)cc1Cl. The fourth-order valence-corrected chi connectivity index (χ4v) is 2.51. The summed E-state index contributed by atoms with van der Waals surface area (Å²) < 4.78 is 12.9. The number of rotatable bonds is 3. The zero-order valence-electron chi connectivity index (χ0n) is 11.6. The zero-order chi connectivity index (χ0) is 14.7. The molecule has 1 aromatic rings. The van der Waals surface area contributed by atoms with Crippen molar-refractivity contribution in [2.75, 3.05) is 6.54 Å². The first-order valence-electron chi connectivity index (χ1n) is 6.64. The number of amides is 2. The van der Waals surface area contributed by atoms with Crippen LogP contribution in [-0.2, 0) is 6.54 Å². The molecule has 1 unspecified atom stereocenters. The van der Waals surface area contributed by atoms with Crippen LogP contribution >= 0.6 is 11.6 Å². The van der Waals surface area contributed by atoms with Crippen molar-refractivity contribution in [2.45, 2.75) is 26.4 Å². The van der Waals surface area contributed by atoms with E-state index in [0.717, 1.165) is 0 Å². The van der Waals surface area contributed by atoms with Gasteiger partial charge >= 0.3 is 6.03 Å². The van der Waals surface area contributed by atoms with Gasteiger partial charge in [-0.25, -0.2) is 9.18 Å². The third kappa shape index (κ3) is 3.31. The van der Waals surface area contributed by atoms with E-state index in [1.165, 1.54) is 12.1 Å². The summed E-state index contributed by atoms with van der Waals surface area (Å²) in [6.07, 6.45) is 4.05. The van der Waals surface area contributed by atoms with Gasteiger partial charge in [-0.1, -0.05) is 43.7 Å². The highest BCUT2D eigenvalue weighted by atomic mass is 35.5. The van der Waals surface area contributed by atoms with Crippen LogP contribution in [0, 0.1) is 11.7 Å². The van der Waals surface area contributed by atoms with Gasteiger partial charge in [-0.3, -0.25) is 0 Å². The molecule has 0 aliphatic carbocycles. The normalized spacial score (nSPS) is 17.9. The van der Waals surface area contributed by atoms with Gasteiger partial charge in [0.25, 0.3) is 0 Å². The maximum atomic E-state index is 12.9. The van der Waals surface area contributed by atoms with Crippen LogP contribution in [0.3, 0.4) is 0 Å². The Morgan fingerprint density at radius 3 is 2.95 bits per heavy atom. The van der Waals surface area contributed by atoms with E-state index in [4.69, 9.17) is 11.6 Å². The molecule has 1 atom stereocenters. The molecule has 1 aromatic carbocycles. The first-order valence-corrected chi connectivity index (χ1v) is 7.02. The Morgan fingerprint density at radius 1 is 1.55 bits per heavy atom. The zero-order valence-corrected chi connectivity index (χ0v) is 12.3. The molecule has 0 saturated carbocycles. The van der Waals surface area contributed by atoms with E-state index in [9.17, 15) is 9.18 Å². The Labute approximate surface area is 123 Å². The largest absolute Gasteiger partial charge is 0.334 e. The van der Waals surface area contributed by atoms with E-state index < -0.39 is 0 Å². The van der Waals surface area contributed by atoms with Crippen LogP contribution in [0.25, 0.3) is 0 Å². The molecule has 3 nitrogen and oxygen atoms in total. The summed E-state index contributed by atoms with van der Waals surface area (Å²) in [5.41, 5.74) is 0.703. The summed E-state index contributed by atoms with van der Waals surface area (Å²) in [6, 6.07) is 4.16. The quantitative estimate of drug-likeness (QED) is 0.850. The van der Waals surface area contributed by atoms with Crippen LogP contribution in [0.15, 0.2) is 30.4 Å². The molecule has 2 amide bonds. The van der Waals surface area contributed by atoms with Crippen molar-refractivity contribution in [3.05, 3.63) is 46.8 Å². The van der Waals surface area contributed by atoms with Gasteiger partial charge in [0.2, 0.25) is 0 Å². The Hall–Kier alpha value is -1.55. The fraction of sp³-hybridized carbons (Fsp3) is 0.400. The molecule has 0 saturated heterocycles. The van der Waals surface area contributed by atoms with Crippen LogP contribution in [0.5, 0.6) is 0 Å². The molecular weight excluding hydrogens is 279 g/mol. The second kappa shape index (κ2) is 6.27. The maximum Gasteiger partial charge on any atom is 0.318 e. The van der Waals surface area contributed by atoms with Gasteiger partial charge < -0.3 is 10.2 Å². The fourth-order valence-electron chi connectivity index (χ4n) is 2.28. The molecule has 0 spiro atoms. The van der Waals surface area contributed by atoms with Crippen LogP contribution in [-0.4, -0.2) is 23.5 Å². The van der Waals surface area contributed by atoms with E-state index in [2.05, 4.69) is 25.2 Å². The van der Waals surface area contributed by atoms with Crippen molar-refractivity contribution in [3.8, 4) is 0 Å². The first-order chi connectivity index (χ1) is 9.49. The standard InChI is InChI=1S/C15H18ClFN2O/c1-10(2)14-4-3-7-19(14)15(20)18-9-11-5-6-12(17)8-13(11)16/h3-6,8,10,14H,7,9H2,1-2H3,(H,18,20). The summed E-state index contributed by atoms with van der Waals surface area (Å²) >= 11 is 5.93. The van der Waals surface area contributed by atoms with Gasteiger partial charge in [-0.2, -0.15) is 0 Å². The first kappa shape index (κ1) is 14.9. The molecule has 0 bridgehead atoms. The summed E-state index contributed by atoms with van der Waals surface area (Å²) in [6.45, 7) is 5.07. The molecule has 2 rings (SSSR count). The number of hydrogen-bond acceptors (Lipinski definition) is 1. The average molecular weight is 297 g/mol. The highest BCUT2D eigenvalue weighted by Crippen LogP contribution is 2.19. The number of hydrogen-bond donors (Lipinski definition) is 1. The predicted molar refractivity (Wildman–Crippen MR) is 78.1 cm³/mol. The van der Waals surface area contributed by atoms with E-state index in [1.807, 2.05) is 6.08 Å². The summed E-state index contributed by atoms with van der Waals surface area (Å²) in [7, 11) is 0. The molecule has 0 radical (unpaired) electrons. The third-order valence-corrected chi connectivity index (χ3v) is 3.74. The second-order valence-electron chi connectivity index (χ2n) is 5.21. The van der Waals surface area contributed by atoms with Crippen molar-refractivity contribution in [1.29, 1.82) is 0 Å². The maximum absolute atomic E-state index is 12.9. The molecule has 5 heteroatoms. The molecule has 1 heterocycles. The lowest BCUT2D eigenvalue weighted by Gasteiger charge is -2.27. The summed E-state index contributed by atoms with van der Waals surface area (Å²) in [4.78, 5) is 13.9. The van der Waals surface area contributed by atoms with E-state index in [-0.39, 0.29) is 17.9 Å². The number of urea groups is 1. The lowest BCUT2D eigenvalue weighted by atomic mass is 10.1. The Bertz CT molecular complexity index is 531. The predicted octanol–water partition coefficient (Wildman–Crippen LogP) is 3.59. The van der Waals surface area contributed by atoms with E-state index in [0.29, 0.717) is 29.6 Å². The number of benzene rings is 1. The summed E-state index contributed by atoms with van der Waals surface area (Å²) in [5, 5.41) is 3.15. The average Bonchev–Trinajstić information content (AvgIpc) is 2.86. The molecule has 1 N–H and O–H groups in total. The highest BCUT2D eigenvalue weighted by Gasteiger charge is 2.26. The Balaban J connectivity index is 1.95. The minimum Gasteiger partial charge on any atom is -0.334 e. The van der Waals surface area contributed by atoms with Crippen molar-refractivity contribution in [2.24, 2.45) is 5.92 Å². The van der Waals surface area contributed by atoms with Gasteiger partial charge in [-0.05, 0) is 23.6 Å². The number of carbonyl (C=O) groups excluding carboxylic acids is 1. The Morgan fingerprint density at radius 2 is 2.30 bits per heavy atom. The second-order valence-corrected chi connectivity index (χ2v) is 5.62. The third-order valence-electron chi connectivity index (χ3n) is 3.38. The van der Waals surface area contributed by atoms with Crippen LogP contribution in [0.1, 0.15) is 19.4 Å². The number of halogens is 2. The number of nitrogens with zero attached hydrogens (tertiary/aromatic N) is 1. The van der Waals surface area contributed by atoms with Gasteiger partial charge in [0.05, 0.1) is 6.04 Å². The van der Waals surface area contributed by atoms with Crippen LogP contribution < -0.4 is 5.32 Å². The van der Waals surface area contributed by atoms with Crippen molar-refractivity contribution in [1.82, 2.24) is 10.2 Å². The molecular formula is C15H18ClFN2O. The van der Waals surface area contributed by atoms with E-state index >= 15 is 0 Å². The molecule has 1 aliphatic heterocycles. The van der Waals surface area contributed by atoms with Crippen molar-refractivity contribution < 1.29 is 9.18 Å². The topological polar surface area (TPSA) is 32.3 Å². The molecule has 108 valence electrons. The van der Waals surface area contributed by atoms with Crippen LogP contribution in [0.2, 0.25) is 5.02 Å². The smallest absolute Gasteiger partial charge is 0.318 e. The van der Waals surface area contributed by atoms with Crippen molar-refractivity contribution in [3.63, 3.8) is 0 Å².